The lowest BCUT2D eigenvalue weighted by molar-refractivity contribution is 0.353. The van der Waals surface area contributed by atoms with Crippen molar-refractivity contribution in [3.8, 4) is 11.5 Å². The summed E-state index contributed by atoms with van der Waals surface area (Å²) in [4.78, 5) is 5.10. The number of methoxy groups -OCH3 is 2. The second-order valence-corrected chi connectivity index (χ2v) is 7.12. The first-order valence-electron chi connectivity index (χ1n) is 7.78. The van der Waals surface area contributed by atoms with E-state index in [4.69, 9.17) is 9.47 Å². The van der Waals surface area contributed by atoms with Crippen molar-refractivity contribution < 1.29 is 9.47 Å². The van der Waals surface area contributed by atoms with Crippen molar-refractivity contribution in [3.05, 3.63) is 58.6 Å². The molecule has 1 aromatic carbocycles. The number of nitrogens with zero attached hydrogens (tertiary/aromatic N) is 4. The highest BCUT2D eigenvalue weighted by Gasteiger charge is 2.10. The molecule has 0 aliphatic rings. The molecule has 0 aliphatic carbocycles. The van der Waals surface area contributed by atoms with Crippen LogP contribution in [0.5, 0.6) is 11.5 Å². The summed E-state index contributed by atoms with van der Waals surface area (Å²) in [5.74, 6) is 1.37. The summed E-state index contributed by atoms with van der Waals surface area (Å²) < 4.78 is 16.6. The number of halogens is 1. The molecule has 2 heterocycles. The third-order valence-electron chi connectivity index (χ3n) is 3.53. The van der Waals surface area contributed by atoms with Crippen molar-refractivity contribution in [2.24, 2.45) is 0 Å². The van der Waals surface area contributed by atoms with Gasteiger partial charge in [0, 0.05) is 27.8 Å². The quantitative estimate of drug-likeness (QED) is 0.543. The van der Waals surface area contributed by atoms with E-state index in [2.05, 4.69) is 35.9 Å². The van der Waals surface area contributed by atoms with E-state index in [1.54, 1.807) is 25.1 Å². The molecule has 0 unspecified atom stereocenters. The third-order valence-corrected chi connectivity index (χ3v) is 5.29. The molecule has 9 heteroatoms. The Morgan fingerprint density at radius 2 is 2.04 bits per heavy atom. The second kappa shape index (κ2) is 9.02. The Morgan fingerprint density at radius 1 is 1.23 bits per heavy atom. The topological polar surface area (TPSA) is 74.1 Å². The van der Waals surface area contributed by atoms with Crippen LogP contribution in [0, 0.1) is 0 Å². The van der Waals surface area contributed by atoms with Crippen LogP contribution in [0.15, 0.2) is 52.2 Å². The van der Waals surface area contributed by atoms with Gasteiger partial charge in [0.25, 0.3) is 0 Å². The van der Waals surface area contributed by atoms with Gasteiger partial charge >= 0.3 is 0 Å². The molecule has 0 radical (unpaired) electrons. The minimum atomic E-state index is 0.582. The van der Waals surface area contributed by atoms with Crippen LogP contribution in [-0.2, 0) is 13.1 Å². The molecule has 3 aromatic rings. The van der Waals surface area contributed by atoms with Crippen molar-refractivity contribution in [2.75, 3.05) is 14.2 Å². The van der Waals surface area contributed by atoms with E-state index in [1.165, 1.54) is 11.9 Å². The first kappa shape index (κ1) is 18.7. The minimum absolute atomic E-state index is 0.582. The summed E-state index contributed by atoms with van der Waals surface area (Å²) in [5, 5.41) is 8.34. The van der Waals surface area contributed by atoms with Crippen LogP contribution in [0.4, 0.5) is 0 Å². The molecule has 7 nitrogen and oxygen atoms in total. The normalized spacial score (nSPS) is 10.7. The van der Waals surface area contributed by atoms with Crippen molar-refractivity contribution in [3.63, 3.8) is 0 Å². The second-order valence-electron chi connectivity index (χ2n) is 5.33. The Kier molecular flexibility index (Phi) is 6.48. The van der Waals surface area contributed by atoms with Gasteiger partial charge in [-0.15, -0.1) is 5.10 Å². The molecule has 3 rings (SSSR count). The van der Waals surface area contributed by atoms with Gasteiger partial charge in [-0.3, -0.25) is 9.71 Å². The summed E-state index contributed by atoms with van der Waals surface area (Å²) in [5.41, 5.74) is 1.94. The molecule has 0 fully saturated rings. The highest BCUT2D eigenvalue weighted by atomic mass is 79.9. The van der Waals surface area contributed by atoms with Crippen LogP contribution < -0.4 is 14.2 Å². The van der Waals surface area contributed by atoms with Gasteiger partial charge in [-0.25, -0.2) is 4.68 Å². The van der Waals surface area contributed by atoms with Crippen molar-refractivity contribution in [1.29, 1.82) is 0 Å². The molecular formula is C17H18BrN5O2S. The Labute approximate surface area is 164 Å². The van der Waals surface area contributed by atoms with Crippen LogP contribution in [0.3, 0.4) is 0 Å². The molecule has 0 saturated heterocycles. The maximum absolute atomic E-state index is 5.34. The summed E-state index contributed by atoms with van der Waals surface area (Å²) >= 11 is 5.03. The van der Waals surface area contributed by atoms with E-state index in [9.17, 15) is 0 Å². The molecule has 0 bridgehead atoms. The van der Waals surface area contributed by atoms with Gasteiger partial charge in [0.1, 0.15) is 0 Å². The zero-order valence-corrected chi connectivity index (χ0v) is 16.7. The fourth-order valence-electron chi connectivity index (χ4n) is 2.28. The molecule has 0 aliphatic heterocycles. The van der Waals surface area contributed by atoms with E-state index < -0.39 is 0 Å². The van der Waals surface area contributed by atoms with Crippen molar-refractivity contribution in [2.45, 2.75) is 18.0 Å². The molecule has 1 N–H and O–H groups in total. The average Bonchev–Trinajstić information content (AvgIpc) is 3.10. The summed E-state index contributed by atoms with van der Waals surface area (Å²) in [7, 11) is 3.23. The van der Waals surface area contributed by atoms with E-state index in [-0.39, 0.29) is 0 Å². The lowest BCUT2D eigenvalue weighted by Gasteiger charge is -2.11. The van der Waals surface area contributed by atoms with Gasteiger partial charge in [0.2, 0.25) is 0 Å². The lowest BCUT2D eigenvalue weighted by Crippen LogP contribution is -2.04. The number of hydrogen-bond acceptors (Lipinski definition) is 7. The minimum Gasteiger partial charge on any atom is -0.493 e. The number of rotatable bonds is 8. The third kappa shape index (κ3) is 4.75. The number of ether oxygens (including phenoxy) is 2. The van der Waals surface area contributed by atoms with Gasteiger partial charge in [-0.05, 0) is 45.6 Å². The SMILES string of the molecule is COc1cc(Br)c(SNCc2cn(Cc3cccnc3)nn2)cc1OC. The number of nitrogens with one attached hydrogen (secondary N) is 1. The predicted octanol–water partition coefficient (Wildman–Crippen LogP) is 3.30. The van der Waals surface area contributed by atoms with Crippen molar-refractivity contribution >= 4 is 27.9 Å². The summed E-state index contributed by atoms with van der Waals surface area (Å²) in [6.07, 6.45) is 5.50. The Morgan fingerprint density at radius 3 is 2.77 bits per heavy atom. The Bertz CT molecular complexity index is 860. The average molecular weight is 436 g/mol. The van der Waals surface area contributed by atoms with Crippen molar-refractivity contribution in [1.82, 2.24) is 24.7 Å². The van der Waals surface area contributed by atoms with Gasteiger partial charge in [0.05, 0.1) is 39.2 Å². The molecule has 136 valence electrons. The molecular weight excluding hydrogens is 418 g/mol. The monoisotopic (exact) mass is 435 g/mol. The smallest absolute Gasteiger partial charge is 0.161 e. The molecule has 0 saturated carbocycles. The lowest BCUT2D eigenvalue weighted by atomic mass is 10.3. The molecule has 26 heavy (non-hydrogen) atoms. The van der Waals surface area contributed by atoms with Crippen LogP contribution >= 0.6 is 27.9 Å². The number of pyridine rings is 1. The first-order chi connectivity index (χ1) is 12.7. The molecule has 0 spiro atoms. The maximum Gasteiger partial charge on any atom is 0.161 e. The highest BCUT2D eigenvalue weighted by Crippen LogP contribution is 2.37. The molecule has 0 amide bonds. The van der Waals surface area contributed by atoms with E-state index in [0.717, 1.165) is 20.6 Å². The zero-order chi connectivity index (χ0) is 18.4. The van der Waals surface area contributed by atoms with Gasteiger partial charge < -0.3 is 9.47 Å². The van der Waals surface area contributed by atoms with Crippen LogP contribution in [0.25, 0.3) is 0 Å². The van der Waals surface area contributed by atoms with E-state index in [0.29, 0.717) is 24.6 Å². The largest absolute Gasteiger partial charge is 0.493 e. The van der Waals surface area contributed by atoms with Crippen LogP contribution in [0.1, 0.15) is 11.3 Å². The Hall–Kier alpha value is -2.10. The molecule has 2 aromatic heterocycles. The number of hydrogen-bond donors (Lipinski definition) is 1. The highest BCUT2D eigenvalue weighted by molar-refractivity contribution is 9.10. The number of aromatic nitrogens is 4. The van der Waals surface area contributed by atoms with Crippen LogP contribution in [0.2, 0.25) is 0 Å². The predicted molar refractivity (Wildman–Crippen MR) is 103 cm³/mol. The maximum atomic E-state index is 5.34. The fourth-order valence-corrected chi connectivity index (χ4v) is 3.54. The van der Waals surface area contributed by atoms with Gasteiger partial charge in [-0.1, -0.05) is 11.3 Å². The molecule has 0 atom stereocenters. The number of benzene rings is 1. The first-order valence-corrected chi connectivity index (χ1v) is 9.39. The van der Waals surface area contributed by atoms with Crippen LogP contribution in [-0.4, -0.2) is 34.2 Å². The standard InChI is InChI=1S/C17H18BrN5O2S/c1-24-15-6-14(18)17(7-16(15)25-2)26-20-9-13-11-23(22-21-13)10-12-4-3-5-19-8-12/h3-8,11,20H,9-10H2,1-2H3. The summed E-state index contributed by atoms with van der Waals surface area (Å²) in [6, 6.07) is 7.72. The summed E-state index contributed by atoms with van der Waals surface area (Å²) in [6.45, 7) is 1.23. The van der Waals surface area contributed by atoms with E-state index >= 15 is 0 Å². The van der Waals surface area contributed by atoms with E-state index in [1.807, 2.05) is 36.7 Å². The van der Waals surface area contributed by atoms with Gasteiger partial charge in [-0.2, -0.15) is 0 Å². The van der Waals surface area contributed by atoms with Gasteiger partial charge in [0.15, 0.2) is 11.5 Å². The zero-order valence-electron chi connectivity index (χ0n) is 14.3. The fraction of sp³-hybridized carbons (Fsp3) is 0.235. The Balaban J connectivity index is 1.57.